The minimum Gasteiger partial charge on any atom is -0.477 e. The van der Waals surface area contributed by atoms with Crippen LogP contribution in [0.25, 0.3) is 0 Å². The number of rotatable bonds is 4. The van der Waals surface area contributed by atoms with Crippen LogP contribution >= 0.6 is 0 Å². The van der Waals surface area contributed by atoms with E-state index in [1.54, 1.807) is 0 Å². The Morgan fingerprint density at radius 2 is 2.05 bits per heavy atom. The van der Waals surface area contributed by atoms with E-state index in [2.05, 4.69) is 5.10 Å². The molecule has 0 spiro atoms. The Labute approximate surface area is 117 Å². The maximum absolute atomic E-state index is 13.5. The van der Waals surface area contributed by atoms with Gasteiger partial charge in [0.25, 0.3) is 10.0 Å². The van der Waals surface area contributed by atoms with Gasteiger partial charge < -0.3 is 5.11 Å². The Morgan fingerprint density at radius 3 is 2.67 bits per heavy atom. The zero-order chi connectivity index (χ0) is 15.8. The lowest BCUT2D eigenvalue weighted by Gasteiger charge is -2.10. The van der Waals surface area contributed by atoms with Crippen LogP contribution in [0, 0.1) is 11.6 Å². The second kappa shape index (κ2) is 5.13. The van der Waals surface area contributed by atoms with E-state index in [0.717, 1.165) is 16.9 Å². The van der Waals surface area contributed by atoms with Crippen LogP contribution < -0.4 is 4.72 Å². The van der Waals surface area contributed by atoms with Gasteiger partial charge in [0.15, 0.2) is 5.82 Å². The lowest BCUT2D eigenvalue weighted by Crippen LogP contribution is -2.18. The summed E-state index contributed by atoms with van der Waals surface area (Å²) in [4.78, 5) is 10.0. The average molecular weight is 317 g/mol. The fraction of sp³-hybridized carbons (Fsp3) is 0.0909. The molecule has 1 aromatic carbocycles. The molecular formula is C11H9F2N3O4S. The molecule has 0 amide bonds. The first-order valence-corrected chi connectivity index (χ1v) is 6.94. The van der Waals surface area contributed by atoms with Crippen LogP contribution in [0.4, 0.5) is 14.6 Å². The number of hydrogen-bond acceptors (Lipinski definition) is 4. The third kappa shape index (κ3) is 2.84. The fourth-order valence-corrected chi connectivity index (χ4v) is 2.78. The number of aromatic nitrogens is 2. The summed E-state index contributed by atoms with van der Waals surface area (Å²) in [7, 11) is -3.21. The van der Waals surface area contributed by atoms with Gasteiger partial charge in [-0.15, -0.1) is 0 Å². The summed E-state index contributed by atoms with van der Waals surface area (Å²) in [5.74, 6) is -3.89. The zero-order valence-corrected chi connectivity index (χ0v) is 11.4. The highest BCUT2D eigenvalue weighted by atomic mass is 32.2. The van der Waals surface area contributed by atoms with Crippen LogP contribution in [0.1, 0.15) is 10.4 Å². The topological polar surface area (TPSA) is 101 Å². The predicted octanol–water partition coefficient (Wildman–Crippen LogP) is 1.20. The van der Waals surface area contributed by atoms with E-state index in [4.69, 9.17) is 5.11 Å². The molecule has 2 N–H and O–H groups in total. The molecule has 0 atom stereocenters. The summed E-state index contributed by atoms with van der Waals surface area (Å²) >= 11 is 0. The van der Waals surface area contributed by atoms with Crippen molar-refractivity contribution in [3.05, 3.63) is 41.6 Å². The first kappa shape index (κ1) is 14.9. The highest BCUT2D eigenvalue weighted by Crippen LogP contribution is 2.22. The quantitative estimate of drug-likeness (QED) is 0.882. The van der Waals surface area contributed by atoms with Crippen LogP contribution in [-0.4, -0.2) is 29.3 Å². The summed E-state index contributed by atoms with van der Waals surface area (Å²) in [6.45, 7) is 0. The molecule has 0 bridgehead atoms. The van der Waals surface area contributed by atoms with Gasteiger partial charge >= 0.3 is 5.97 Å². The smallest absolute Gasteiger partial charge is 0.341 e. The number of nitrogens with zero attached hydrogens (tertiary/aromatic N) is 2. The summed E-state index contributed by atoms with van der Waals surface area (Å²) in [6.07, 6.45) is 0.933. The number of aromatic carboxylic acids is 1. The van der Waals surface area contributed by atoms with Gasteiger partial charge in [-0.2, -0.15) is 5.10 Å². The lowest BCUT2D eigenvalue weighted by molar-refractivity contribution is 0.0698. The summed E-state index contributed by atoms with van der Waals surface area (Å²) < 4.78 is 53.5. The normalized spacial score (nSPS) is 11.4. The molecule has 0 fully saturated rings. The minimum absolute atomic E-state index is 0.369. The van der Waals surface area contributed by atoms with E-state index in [1.807, 2.05) is 4.72 Å². The molecule has 21 heavy (non-hydrogen) atoms. The Kier molecular flexibility index (Phi) is 3.64. The maximum atomic E-state index is 13.5. The SMILES string of the molecule is Cn1ncc(C(=O)O)c1NS(=O)(=O)c1cc(F)ccc1F. The molecule has 10 heteroatoms. The molecule has 1 heterocycles. The largest absolute Gasteiger partial charge is 0.477 e. The van der Waals surface area contributed by atoms with Gasteiger partial charge in [-0.25, -0.2) is 22.0 Å². The molecule has 0 aliphatic rings. The van der Waals surface area contributed by atoms with E-state index >= 15 is 0 Å². The van der Waals surface area contributed by atoms with Crippen LogP contribution in [0.3, 0.4) is 0 Å². The number of carboxylic acid groups (broad SMARTS) is 1. The van der Waals surface area contributed by atoms with Gasteiger partial charge in [-0.05, 0) is 18.2 Å². The van der Waals surface area contributed by atoms with E-state index in [1.165, 1.54) is 7.05 Å². The minimum atomic E-state index is -4.50. The first-order chi connectivity index (χ1) is 9.72. The molecular weight excluding hydrogens is 308 g/mol. The summed E-state index contributed by atoms with van der Waals surface area (Å²) in [5, 5.41) is 12.5. The van der Waals surface area contributed by atoms with Crippen LogP contribution in [0.15, 0.2) is 29.3 Å². The van der Waals surface area contributed by atoms with E-state index in [0.29, 0.717) is 12.1 Å². The van der Waals surface area contributed by atoms with Crippen molar-refractivity contribution in [2.75, 3.05) is 4.72 Å². The Morgan fingerprint density at radius 1 is 1.38 bits per heavy atom. The number of halogens is 2. The molecule has 0 aliphatic heterocycles. The van der Waals surface area contributed by atoms with Gasteiger partial charge in [-0.3, -0.25) is 9.40 Å². The van der Waals surface area contributed by atoms with Crippen LogP contribution in [-0.2, 0) is 17.1 Å². The number of sulfonamides is 1. The van der Waals surface area contributed by atoms with Crippen molar-refractivity contribution in [3.8, 4) is 0 Å². The molecule has 2 aromatic rings. The number of benzene rings is 1. The fourth-order valence-electron chi connectivity index (χ4n) is 1.58. The maximum Gasteiger partial charge on any atom is 0.341 e. The Bertz CT molecular complexity index is 817. The second-order valence-corrected chi connectivity index (χ2v) is 5.67. The number of carbonyl (C=O) groups is 1. The van der Waals surface area contributed by atoms with Gasteiger partial charge in [0.2, 0.25) is 0 Å². The third-order valence-electron chi connectivity index (χ3n) is 2.58. The molecule has 0 aliphatic carbocycles. The van der Waals surface area contributed by atoms with E-state index in [-0.39, 0.29) is 5.82 Å². The Hall–Kier alpha value is -2.49. The van der Waals surface area contributed by atoms with Crippen molar-refractivity contribution in [2.24, 2.45) is 7.05 Å². The number of nitrogens with one attached hydrogen (secondary N) is 1. The Balaban J connectivity index is 2.50. The average Bonchev–Trinajstić information content (AvgIpc) is 2.73. The van der Waals surface area contributed by atoms with Gasteiger partial charge in [0.05, 0.1) is 6.20 Å². The predicted molar refractivity (Wildman–Crippen MR) is 67.3 cm³/mol. The first-order valence-electron chi connectivity index (χ1n) is 5.45. The molecule has 0 radical (unpaired) electrons. The monoisotopic (exact) mass is 317 g/mol. The van der Waals surface area contributed by atoms with Gasteiger partial charge in [0.1, 0.15) is 22.1 Å². The second-order valence-electron chi connectivity index (χ2n) is 4.02. The van der Waals surface area contributed by atoms with E-state index < -0.39 is 38.1 Å². The zero-order valence-electron chi connectivity index (χ0n) is 10.5. The third-order valence-corrected chi connectivity index (χ3v) is 3.94. The highest BCUT2D eigenvalue weighted by molar-refractivity contribution is 7.92. The molecule has 0 unspecified atom stereocenters. The van der Waals surface area contributed by atoms with Crippen molar-refractivity contribution < 1.29 is 27.1 Å². The number of hydrogen-bond donors (Lipinski definition) is 2. The van der Waals surface area contributed by atoms with Crippen molar-refractivity contribution in [1.29, 1.82) is 0 Å². The standard InChI is InChI=1S/C11H9F2N3O4S/c1-16-10(7(5-14-16)11(17)18)15-21(19,20)9-4-6(12)2-3-8(9)13/h2-5,15H,1H3,(H,17,18). The molecule has 7 nitrogen and oxygen atoms in total. The molecule has 0 saturated heterocycles. The summed E-state index contributed by atoms with van der Waals surface area (Å²) in [6, 6.07) is 1.92. The number of carboxylic acids is 1. The van der Waals surface area contributed by atoms with Gasteiger partial charge in [-0.1, -0.05) is 0 Å². The van der Waals surface area contributed by atoms with E-state index in [9.17, 15) is 22.0 Å². The summed E-state index contributed by atoms with van der Waals surface area (Å²) in [5.41, 5.74) is -0.419. The van der Waals surface area contributed by atoms with Gasteiger partial charge in [0, 0.05) is 7.05 Å². The molecule has 112 valence electrons. The molecule has 0 saturated carbocycles. The van der Waals surface area contributed by atoms with Crippen LogP contribution in [0.5, 0.6) is 0 Å². The van der Waals surface area contributed by atoms with Crippen molar-refractivity contribution >= 4 is 21.8 Å². The number of anilines is 1. The molecule has 1 aromatic heterocycles. The van der Waals surface area contributed by atoms with Crippen LogP contribution in [0.2, 0.25) is 0 Å². The lowest BCUT2D eigenvalue weighted by atomic mass is 10.3. The number of aryl methyl sites for hydroxylation is 1. The molecule has 2 rings (SSSR count). The highest BCUT2D eigenvalue weighted by Gasteiger charge is 2.25. The van der Waals surface area contributed by atoms with Crippen molar-refractivity contribution in [1.82, 2.24) is 9.78 Å². The van der Waals surface area contributed by atoms with Crippen molar-refractivity contribution in [2.45, 2.75) is 4.90 Å². The van der Waals surface area contributed by atoms with Crippen molar-refractivity contribution in [3.63, 3.8) is 0 Å².